The van der Waals surface area contributed by atoms with Crippen LogP contribution in [-0.4, -0.2) is 44.1 Å². The zero-order valence-corrected chi connectivity index (χ0v) is 11.6. The van der Waals surface area contributed by atoms with Crippen LogP contribution in [-0.2, 0) is 4.79 Å². The number of hydrogen-bond acceptors (Lipinski definition) is 3. The molecule has 0 aliphatic carbocycles. The predicted octanol–water partition coefficient (Wildman–Crippen LogP) is 1.66. The zero-order valence-electron chi connectivity index (χ0n) is 11.6. The minimum absolute atomic E-state index is 0.145. The van der Waals surface area contributed by atoms with Gasteiger partial charge in [0, 0.05) is 13.1 Å². The Kier molecular flexibility index (Phi) is 6.29. The topological polar surface area (TPSA) is 41.6 Å². The molecule has 1 aromatic rings. The Balaban J connectivity index is 2.48. The summed E-state index contributed by atoms with van der Waals surface area (Å²) in [5.41, 5.74) is 0. The quantitative estimate of drug-likeness (QED) is 0.817. The maximum Gasteiger partial charge on any atom is 0.261 e. The van der Waals surface area contributed by atoms with E-state index in [1.165, 1.54) is 24.3 Å². The van der Waals surface area contributed by atoms with Gasteiger partial charge in [0.1, 0.15) is 11.6 Å². The summed E-state index contributed by atoms with van der Waals surface area (Å²) in [6, 6.07) is 5.66. The lowest BCUT2D eigenvalue weighted by Crippen LogP contribution is -2.40. The molecule has 106 valence electrons. The molecule has 5 heteroatoms. The fourth-order valence-electron chi connectivity index (χ4n) is 1.52. The van der Waals surface area contributed by atoms with E-state index in [-0.39, 0.29) is 11.7 Å². The number of likely N-dealkylation sites (N-methyl/N-ethyl adjacent to an activating group) is 1. The second-order valence-electron chi connectivity index (χ2n) is 4.56. The Hall–Kier alpha value is -1.62. The zero-order chi connectivity index (χ0) is 14.3. The molecule has 1 unspecified atom stereocenters. The van der Waals surface area contributed by atoms with Gasteiger partial charge in [-0.1, -0.05) is 6.92 Å². The van der Waals surface area contributed by atoms with Crippen LogP contribution in [0.15, 0.2) is 24.3 Å². The van der Waals surface area contributed by atoms with Crippen molar-refractivity contribution >= 4 is 5.91 Å². The lowest BCUT2D eigenvalue weighted by Gasteiger charge is -2.18. The highest BCUT2D eigenvalue weighted by Crippen LogP contribution is 2.14. The molecule has 0 saturated heterocycles. The fraction of sp³-hybridized carbons (Fsp3) is 0.500. The van der Waals surface area contributed by atoms with E-state index in [4.69, 9.17) is 4.74 Å². The molecule has 1 rings (SSSR count). The van der Waals surface area contributed by atoms with Gasteiger partial charge in [0.25, 0.3) is 5.91 Å². The summed E-state index contributed by atoms with van der Waals surface area (Å²) in [5.74, 6) is 0.0283. The van der Waals surface area contributed by atoms with Crippen molar-refractivity contribution < 1.29 is 13.9 Å². The molecule has 0 fully saturated rings. The van der Waals surface area contributed by atoms with Crippen LogP contribution < -0.4 is 10.1 Å². The van der Waals surface area contributed by atoms with Gasteiger partial charge in [-0.3, -0.25) is 4.79 Å². The molecule has 1 aromatic carbocycles. The Morgan fingerprint density at radius 2 is 2.00 bits per heavy atom. The summed E-state index contributed by atoms with van der Waals surface area (Å²) in [7, 11) is 3.89. The van der Waals surface area contributed by atoms with Gasteiger partial charge in [0.15, 0.2) is 6.10 Å². The second-order valence-corrected chi connectivity index (χ2v) is 4.56. The molecule has 4 nitrogen and oxygen atoms in total. The van der Waals surface area contributed by atoms with Crippen LogP contribution in [0.5, 0.6) is 5.75 Å². The van der Waals surface area contributed by atoms with Gasteiger partial charge < -0.3 is 15.0 Å². The van der Waals surface area contributed by atoms with E-state index in [1.54, 1.807) is 0 Å². The third-order valence-electron chi connectivity index (χ3n) is 2.61. The molecule has 0 aliphatic heterocycles. The van der Waals surface area contributed by atoms with Crippen molar-refractivity contribution in [3.63, 3.8) is 0 Å². The Labute approximate surface area is 113 Å². The number of carbonyl (C=O) groups is 1. The van der Waals surface area contributed by atoms with Gasteiger partial charge in [-0.05, 0) is 44.8 Å². The number of halogens is 1. The van der Waals surface area contributed by atoms with Crippen molar-refractivity contribution in [2.24, 2.45) is 0 Å². The van der Waals surface area contributed by atoms with Crippen molar-refractivity contribution in [2.75, 3.05) is 27.2 Å². The van der Waals surface area contributed by atoms with Crippen molar-refractivity contribution in [2.45, 2.75) is 19.4 Å². The van der Waals surface area contributed by atoms with Crippen molar-refractivity contribution in [3.05, 3.63) is 30.1 Å². The molecule has 0 bridgehead atoms. The van der Waals surface area contributed by atoms with E-state index < -0.39 is 6.10 Å². The maximum absolute atomic E-state index is 12.8. The molecule has 0 spiro atoms. The van der Waals surface area contributed by atoms with E-state index in [0.29, 0.717) is 18.7 Å². The van der Waals surface area contributed by atoms with Crippen molar-refractivity contribution in [1.29, 1.82) is 0 Å². The minimum Gasteiger partial charge on any atom is -0.481 e. The number of rotatable bonds is 7. The van der Waals surface area contributed by atoms with Crippen molar-refractivity contribution in [1.82, 2.24) is 10.2 Å². The number of nitrogens with zero attached hydrogens (tertiary/aromatic N) is 1. The average Bonchev–Trinajstić information content (AvgIpc) is 2.37. The van der Waals surface area contributed by atoms with Crippen molar-refractivity contribution in [3.8, 4) is 5.75 Å². The molecule has 0 heterocycles. The molecule has 1 atom stereocenters. The number of benzene rings is 1. The van der Waals surface area contributed by atoms with Crippen LogP contribution in [0.3, 0.4) is 0 Å². The fourth-order valence-corrected chi connectivity index (χ4v) is 1.52. The van der Waals surface area contributed by atoms with Gasteiger partial charge in [0.05, 0.1) is 0 Å². The summed E-state index contributed by atoms with van der Waals surface area (Å²) < 4.78 is 18.3. The number of amides is 1. The third kappa shape index (κ3) is 5.70. The second kappa shape index (κ2) is 7.74. The molecule has 1 N–H and O–H groups in total. The molecular formula is C14H21FN2O2. The highest BCUT2D eigenvalue weighted by atomic mass is 19.1. The van der Waals surface area contributed by atoms with Gasteiger partial charge in [0.2, 0.25) is 0 Å². The number of carbonyl (C=O) groups excluding carboxylic acids is 1. The Morgan fingerprint density at radius 1 is 1.37 bits per heavy atom. The van der Waals surface area contributed by atoms with Crippen LogP contribution >= 0.6 is 0 Å². The first kappa shape index (κ1) is 15.4. The van der Waals surface area contributed by atoms with Crippen LogP contribution in [0, 0.1) is 5.82 Å². The SMILES string of the molecule is CCC(Oc1ccc(F)cc1)C(=O)NCCN(C)C. The largest absolute Gasteiger partial charge is 0.481 e. The Morgan fingerprint density at radius 3 is 2.53 bits per heavy atom. The molecule has 0 radical (unpaired) electrons. The van der Waals surface area contributed by atoms with E-state index in [0.717, 1.165) is 6.54 Å². The molecule has 19 heavy (non-hydrogen) atoms. The van der Waals surface area contributed by atoms with Gasteiger partial charge in [-0.15, -0.1) is 0 Å². The summed E-state index contributed by atoms with van der Waals surface area (Å²) in [4.78, 5) is 13.9. The van der Waals surface area contributed by atoms with Crippen LogP contribution in [0.1, 0.15) is 13.3 Å². The lowest BCUT2D eigenvalue weighted by molar-refractivity contribution is -0.128. The van der Waals surface area contributed by atoms with Crippen LogP contribution in [0.4, 0.5) is 4.39 Å². The summed E-state index contributed by atoms with van der Waals surface area (Å²) in [6.07, 6.45) is 0.0122. The number of ether oxygens (including phenoxy) is 1. The predicted molar refractivity (Wildman–Crippen MR) is 72.7 cm³/mol. The molecule has 0 aromatic heterocycles. The number of hydrogen-bond donors (Lipinski definition) is 1. The summed E-state index contributed by atoms with van der Waals surface area (Å²) >= 11 is 0. The van der Waals surface area contributed by atoms with Gasteiger partial charge in [-0.2, -0.15) is 0 Å². The molecular weight excluding hydrogens is 247 g/mol. The first-order valence-electron chi connectivity index (χ1n) is 6.37. The summed E-state index contributed by atoms with van der Waals surface area (Å²) in [6.45, 7) is 3.23. The smallest absolute Gasteiger partial charge is 0.261 e. The molecule has 1 amide bonds. The first-order chi connectivity index (χ1) is 9.02. The molecule has 0 saturated carbocycles. The normalized spacial score (nSPS) is 12.3. The van der Waals surface area contributed by atoms with Gasteiger partial charge in [-0.25, -0.2) is 4.39 Å². The number of nitrogens with one attached hydrogen (secondary N) is 1. The average molecular weight is 268 g/mol. The van der Waals surface area contributed by atoms with Crippen LogP contribution in [0.2, 0.25) is 0 Å². The standard InChI is InChI=1S/C14H21FN2O2/c1-4-13(14(18)16-9-10-17(2)3)19-12-7-5-11(15)6-8-12/h5-8,13H,4,9-10H2,1-3H3,(H,16,18). The van der Waals surface area contributed by atoms with E-state index in [9.17, 15) is 9.18 Å². The van der Waals surface area contributed by atoms with E-state index in [2.05, 4.69) is 5.32 Å². The van der Waals surface area contributed by atoms with E-state index in [1.807, 2.05) is 25.9 Å². The van der Waals surface area contributed by atoms with Gasteiger partial charge >= 0.3 is 0 Å². The van der Waals surface area contributed by atoms with Crippen LogP contribution in [0.25, 0.3) is 0 Å². The monoisotopic (exact) mass is 268 g/mol. The molecule has 0 aliphatic rings. The highest BCUT2D eigenvalue weighted by molar-refractivity contribution is 5.81. The summed E-state index contributed by atoms with van der Waals surface area (Å²) in [5, 5.41) is 2.82. The Bertz CT molecular complexity index is 393. The first-order valence-corrected chi connectivity index (χ1v) is 6.37. The third-order valence-corrected chi connectivity index (χ3v) is 2.61. The van der Waals surface area contributed by atoms with E-state index >= 15 is 0 Å². The lowest BCUT2D eigenvalue weighted by atomic mass is 10.2. The maximum atomic E-state index is 12.8. The highest BCUT2D eigenvalue weighted by Gasteiger charge is 2.17. The minimum atomic E-state index is -0.548.